The van der Waals surface area contributed by atoms with Crippen LogP contribution >= 0.6 is 0 Å². The Morgan fingerprint density at radius 3 is 2.42 bits per heavy atom. The zero-order valence-electron chi connectivity index (χ0n) is 13.4. The Kier molecular flexibility index (Phi) is 6.31. The maximum atomic E-state index is 11.8. The van der Waals surface area contributed by atoms with E-state index in [1.54, 1.807) is 0 Å². The Morgan fingerprint density at radius 2 is 1.84 bits per heavy atom. The number of rotatable bonds is 4. The third-order valence-electron chi connectivity index (χ3n) is 4.02. The van der Waals surface area contributed by atoms with Crippen molar-refractivity contribution < 1.29 is 4.79 Å². The second-order valence-corrected chi connectivity index (χ2v) is 7.39. The standard InChI is InChI=1S/C16H32N2O/c1-12(2)13-7-6-8-14(10-9-13)17-11-15(19)18-16(3,4)5/h12-14,17H,6-11H2,1-5H3,(H,18,19). The van der Waals surface area contributed by atoms with Crippen LogP contribution in [0.4, 0.5) is 0 Å². The molecule has 2 N–H and O–H groups in total. The SMILES string of the molecule is CC(C)C1CCCC(NCC(=O)NC(C)(C)C)CC1. The van der Waals surface area contributed by atoms with Gasteiger partial charge in [-0.05, 0) is 51.9 Å². The van der Waals surface area contributed by atoms with Gasteiger partial charge in [-0.15, -0.1) is 0 Å². The van der Waals surface area contributed by atoms with Crippen molar-refractivity contribution in [2.45, 2.75) is 78.3 Å². The van der Waals surface area contributed by atoms with Gasteiger partial charge in [-0.3, -0.25) is 4.79 Å². The van der Waals surface area contributed by atoms with Gasteiger partial charge in [0.1, 0.15) is 0 Å². The summed E-state index contributed by atoms with van der Waals surface area (Å²) in [5.41, 5.74) is -0.134. The molecule has 1 rings (SSSR count). The fourth-order valence-corrected chi connectivity index (χ4v) is 2.90. The highest BCUT2D eigenvalue weighted by molar-refractivity contribution is 5.78. The molecular weight excluding hydrogens is 236 g/mol. The highest BCUT2D eigenvalue weighted by Gasteiger charge is 2.21. The van der Waals surface area contributed by atoms with Crippen molar-refractivity contribution in [1.82, 2.24) is 10.6 Å². The van der Waals surface area contributed by atoms with E-state index in [0.717, 1.165) is 11.8 Å². The quantitative estimate of drug-likeness (QED) is 0.769. The lowest BCUT2D eigenvalue weighted by atomic mass is 9.89. The molecule has 1 aliphatic rings. The number of amides is 1. The van der Waals surface area contributed by atoms with Crippen LogP contribution in [0.5, 0.6) is 0 Å². The molecule has 112 valence electrons. The van der Waals surface area contributed by atoms with Crippen LogP contribution in [0.2, 0.25) is 0 Å². The minimum atomic E-state index is -0.134. The lowest BCUT2D eigenvalue weighted by Gasteiger charge is -2.22. The maximum Gasteiger partial charge on any atom is 0.234 e. The van der Waals surface area contributed by atoms with Gasteiger partial charge in [0, 0.05) is 11.6 Å². The molecule has 2 atom stereocenters. The van der Waals surface area contributed by atoms with Crippen molar-refractivity contribution in [2.24, 2.45) is 11.8 Å². The summed E-state index contributed by atoms with van der Waals surface area (Å²) in [6.45, 7) is 11.2. The van der Waals surface area contributed by atoms with Gasteiger partial charge in [0.25, 0.3) is 0 Å². The molecule has 2 unspecified atom stereocenters. The van der Waals surface area contributed by atoms with Crippen LogP contribution in [0.3, 0.4) is 0 Å². The average Bonchev–Trinajstić information content (AvgIpc) is 2.49. The Bertz CT molecular complexity index is 281. The van der Waals surface area contributed by atoms with Crippen LogP contribution in [-0.4, -0.2) is 24.0 Å². The number of hydrogen-bond acceptors (Lipinski definition) is 2. The van der Waals surface area contributed by atoms with Crippen molar-refractivity contribution in [1.29, 1.82) is 0 Å². The molecule has 19 heavy (non-hydrogen) atoms. The molecule has 0 aromatic carbocycles. The highest BCUT2D eigenvalue weighted by atomic mass is 16.2. The van der Waals surface area contributed by atoms with E-state index in [9.17, 15) is 4.79 Å². The predicted molar refractivity (Wildman–Crippen MR) is 81.1 cm³/mol. The smallest absolute Gasteiger partial charge is 0.234 e. The number of hydrogen-bond donors (Lipinski definition) is 2. The fourth-order valence-electron chi connectivity index (χ4n) is 2.90. The highest BCUT2D eigenvalue weighted by Crippen LogP contribution is 2.28. The molecule has 0 aromatic heterocycles. The second kappa shape index (κ2) is 7.28. The molecule has 1 aliphatic carbocycles. The van der Waals surface area contributed by atoms with E-state index in [2.05, 4.69) is 24.5 Å². The average molecular weight is 268 g/mol. The van der Waals surface area contributed by atoms with E-state index in [1.165, 1.54) is 32.1 Å². The minimum absolute atomic E-state index is 0.108. The van der Waals surface area contributed by atoms with Crippen molar-refractivity contribution in [3.63, 3.8) is 0 Å². The van der Waals surface area contributed by atoms with Crippen molar-refractivity contribution in [2.75, 3.05) is 6.54 Å². The third-order valence-corrected chi connectivity index (χ3v) is 4.02. The molecule has 1 saturated carbocycles. The Morgan fingerprint density at radius 1 is 1.16 bits per heavy atom. The lowest BCUT2D eigenvalue weighted by Crippen LogP contribution is -2.46. The largest absolute Gasteiger partial charge is 0.350 e. The summed E-state index contributed by atoms with van der Waals surface area (Å²) in [6.07, 6.45) is 6.37. The van der Waals surface area contributed by atoms with Crippen molar-refractivity contribution >= 4 is 5.91 Å². The number of nitrogens with one attached hydrogen (secondary N) is 2. The van der Waals surface area contributed by atoms with Crippen LogP contribution in [0.15, 0.2) is 0 Å². The van der Waals surface area contributed by atoms with Gasteiger partial charge in [0.05, 0.1) is 6.54 Å². The minimum Gasteiger partial charge on any atom is -0.350 e. The van der Waals surface area contributed by atoms with E-state index in [4.69, 9.17) is 0 Å². The predicted octanol–water partition coefficient (Wildman–Crippen LogP) is 3.10. The van der Waals surface area contributed by atoms with Crippen LogP contribution in [0, 0.1) is 11.8 Å². The van der Waals surface area contributed by atoms with Crippen molar-refractivity contribution in [3.8, 4) is 0 Å². The first kappa shape index (κ1) is 16.5. The summed E-state index contributed by atoms with van der Waals surface area (Å²) >= 11 is 0. The molecule has 1 amide bonds. The number of carbonyl (C=O) groups excluding carboxylic acids is 1. The molecule has 1 fully saturated rings. The zero-order valence-corrected chi connectivity index (χ0v) is 13.4. The molecule has 0 heterocycles. The number of carbonyl (C=O) groups is 1. The van der Waals surface area contributed by atoms with Crippen LogP contribution in [0.1, 0.15) is 66.7 Å². The van der Waals surface area contributed by atoms with Crippen LogP contribution in [-0.2, 0) is 4.79 Å². The Balaban J connectivity index is 2.28. The van der Waals surface area contributed by atoms with Gasteiger partial charge in [-0.25, -0.2) is 0 Å². The normalized spacial score (nSPS) is 25.2. The van der Waals surface area contributed by atoms with E-state index >= 15 is 0 Å². The fraction of sp³-hybridized carbons (Fsp3) is 0.938. The van der Waals surface area contributed by atoms with Gasteiger partial charge < -0.3 is 10.6 Å². The van der Waals surface area contributed by atoms with E-state index < -0.39 is 0 Å². The Hall–Kier alpha value is -0.570. The molecular formula is C16H32N2O. The molecule has 0 spiro atoms. The molecule has 0 radical (unpaired) electrons. The van der Waals surface area contributed by atoms with Gasteiger partial charge in [0.15, 0.2) is 0 Å². The van der Waals surface area contributed by atoms with Gasteiger partial charge in [-0.1, -0.05) is 26.7 Å². The van der Waals surface area contributed by atoms with Gasteiger partial charge in [0.2, 0.25) is 5.91 Å². The van der Waals surface area contributed by atoms with E-state index in [0.29, 0.717) is 12.6 Å². The first-order valence-electron chi connectivity index (χ1n) is 7.82. The third kappa shape index (κ3) is 6.95. The second-order valence-electron chi connectivity index (χ2n) is 7.39. The van der Waals surface area contributed by atoms with Crippen LogP contribution < -0.4 is 10.6 Å². The monoisotopic (exact) mass is 268 g/mol. The van der Waals surface area contributed by atoms with Gasteiger partial charge >= 0.3 is 0 Å². The topological polar surface area (TPSA) is 41.1 Å². The molecule has 0 saturated heterocycles. The molecule has 0 aliphatic heterocycles. The molecule has 3 nitrogen and oxygen atoms in total. The summed E-state index contributed by atoms with van der Waals surface area (Å²) < 4.78 is 0. The van der Waals surface area contributed by atoms with E-state index in [1.807, 2.05) is 20.8 Å². The molecule has 3 heteroatoms. The first-order chi connectivity index (χ1) is 8.78. The summed E-state index contributed by atoms with van der Waals surface area (Å²) in [5, 5.41) is 6.43. The summed E-state index contributed by atoms with van der Waals surface area (Å²) in [7, 11) is 0. The Labute approximate surface area is 118 Å². The first-order valence-corrected chi connectivity index (χ1v) is 7.82. The summed E-state index contributed by atoms with van der Waals surface area (Å²) in [4.78, 5) is 11.8. The molecule has 0 aromatic rings. The zero-order chi connectivity index (χ0) is 14.5. The van der Waals surface area contributed by atoms with E-state index in [-0.39, 0.29) is 11.4 Å². The summed E-state index contributed by atoms with van der Waals surface area (Å²) in [5.74, 6) is 1.77. The lowest BCUT2D eigenvalue weighted by molar-refractivity contribution is -0.121. The molecule has 0 bridgehead atoms. The van der Waals surface area contributed by atoms with Crippen LogP contribution in [0.25, 0.3) is 0 Å². The maximum absolute atomic E-state index is 11.8. The van der Waals surface area contributed by atoms with Gasteiger partial charge in [-0.2, -0.15) is 0 Å². The summed E-state index contributed by atoms with van der Waals surface area (Å²) in [6, 6.07) is 0.523. The van der Waals surface area contributed by atoms with Crippen molar-refractivity contribution in [3.05, 3.63) is 0 Å².